The van der Waals surface area contributed by atoms with E-state index in [1.54, 1.807) is 56.8 Å². The fraction of sp³-hybridized carbons (Fsp3) is 0.724. The standard InChI is InChI=1S/C76H116BrFN6O25/c1-53(81-71(94)62(82-68(91)48-77)8-6-7-17-79-67(90)15-19-96-22-23-98-26-27-100-30-31-102-34-35-104-38-39-106-42-43-107-41-40-105-37-36-103-33-32-101-29-28-99-25-24-97-21-20-95-5)69(92)80-54(2)70(93)83-63-44-55(9-10-57(63)51-85)49-84-18-14-56(50-84)72-108-66-46-61-60-12-11-58-45-59(87)13-16-73(58,3)75(60,78)64(88)47-74(61,4)76(66,109-72)65(89)52-86/h9-10,13-14,16,18,44-45,50,53-54,60-62,64,66,72,85-86,88H,6-8,11-12,15,17,19-43,46-49,51-52H2,1-5H3,(H,79,90)(H,80,92)(H,81,94)(H,82,91)(H,83,93)/t53-,54-,60-,61-,62-,64-,66+,72+,73-,74-,75-,76+/m0/s1. The Morgan fingerprint density at radius 2 is 1.19 bits per heavy atom. The highest BCUT2D eigenvalue weighted by Gasteiger charge is 2.79. The van der Waals surface area contributed by atoms with Crippen molar-refractivity contribution in [2.75, 3.05) is 196 Å². The maximum atomic E-state index is 17.9. The van der Waals surface area contributed by atoms with Crippen molar-refractivity contribution in [1.29, 1.82) is 0 Å². The van der Waals surface area contributed by atoms with E-state index >= 15 is 4.39 Å². The number of fused-ring (bicyclic) bond motifs is 7. The van der Waals surface area contributed by atoms with E-state index in [4.69, 9.17) is 71.1 Å². The van der Waals surface area contributed by atoms with Gasteiger partial charge in [-0.05, 0) is 101 Å². The summed E-state index contributed by atoms with van der Waals surface area (Å²) in [6, 6.07) is 3.61. The minimum absolute atomic E-state index is 0.0750. The number of aromatic nitrogens is 1. The van der Waals surface area contributed by atoms with Gasteiger partial charge in [0.25, 0.3) is 0 Å². The molecule has 1 aromatic carbocycles. The molecule has 0 bridgehead atoms. The molecule has 4 aliphatic carbocycles. The Bertz CT molecular complexity index is 3210. The van der Waals surface area contributed by atoms with Crippen LogP contribution >= 0.6 is 15.9 Å². The van der Waals surface area contributed by atoms with E-state index in [1.165, 1.54) is 26.0 Å². The highest BCUT2D eigenvalue weighted by atomic mass is 79.9. The molecule has 0 unspecified atom stereocenters. The van der Waals surface area contributed by atoms with Crippen molar-refractivity contribution < 1.29 is 124 Å². The second-order valence-electron chi connectivity index (χ2n) is 27.8. The van der Waals surface area contributed by atoms with Crippen molar-refractivity contribution in [3.63, 3.8) is 0 Å². The number of alkyl halides is 2. The zero-order valence-corrected chi connectivity index (χ0v) is 65.3. The highest BCUT2D eigenvalue weighted by molar-refractivity contribution is 9.09. The van der Waals surface area contributed by atoms with Gasteiger partial charge < -0.3 is 118 Å². The van der Waals surface area contributed by atoms with Gasteiger partial charge in [-0.2, -0.15) is 0 Å². The largest absolute Gasteiger partial charge is 0.392 e. The Morgan fingerprint density at radius 3 is 1.72 bits per heavy atom. The summed E-state index contributed by atoms with van der Waals surface area (Å²) in [6.07, 6.45) is 6.61. The van der Waals surface area contributed by atoms with Crippen molar-refractivity contribution in [1.82, 2.24) is 25.8 Å². The number of hydrogen-bond donors (Lipinski definition) is 8. The van der Waals surface area contributed by atoms with Crippen molar-refractivity contribution in [2.45, 2.75) is 140 Å². The number of ketones is 2. The van der Waals surface area contributed by atoms with Crippen molar-refractivity contribution in [3.05, 3.63) is 77.2 Å². The Hall–Kier alpha value is -5.64. The number of hydrogen-bond acceptors (Lipinski definition) is 25. The molecule has 2 aromatic rings. The number of unbranched alkanes of at least 4 members (excludes halogenated alkanes) is 1. The number of Topliss-reactive ketones (excluding diaryl/α,β-unsaturated/α-hetero) is 1. The Kier molecular flexibility index (Phi) is 39.7. The molecule has 109 heavy (non-hydrogen) atoms. The van der Waals surface area contributed by atoms with Crippen molar-refractivity contribution in [2.24, 2.45) is 22.7 Å². The van der Waals surface area contributed by atoms with Gasteiger partial charge in [-0.25, -0.2) is 4.39 Å². The molecule has 0 radical (unpaired) electrons. The lowest BCUT2D eigenvalue weighted by Crippen LogP contribution is -2.69. The smallest absolute Gasteiger partial charge is 0.246 e. The van der Waals surface area contributed by atoms with Crippen LogP contribution in [0.5, 0.6) is 0 Å². The molecular formula is C76H116BrFN6O25. The second-order valence-corrected chi connectivity index (χ2v) is 28.4. The highest BCUT2D eigenvalue weighted by Crippen LogP contribution is 2.72. The van der Waals surface area contributed by atoms with E-state index in [1.807, 2.05) is 11.5 Å². The molecule has 2 heterocycles. The first-order valence-electron chi connectivity index (χ1n) is 37.8. The van der Waals surface area contributed by atoms with Crippen LogP contribution in [0.4, 0.5) is 10.1 Å². The van der Waals surface area contributed by atoms with E-state index in [9.17, 15) is 48.9 Å². The van der Waals surface area contributed by atoms with E-state index in [-0.39, 0.29) is 61.5 Å². The molecule has 5 amide bonds. The second kappa shape index (κ2) is 47.8. The molecule has 614 valence electrons. The zero-order valence-electron chi connectivity index (χ0n) is 63.7. The molecule has 8 N–H and O–H groups in total. The van der Waals surface area contributed by atoms with E-state index in [0.717, 1.165) is 0 Å². The summed E-state index contributed by atoms with van der Waals surface area (Å²) in [5, 5.41) is 46.1. The number of amides is 5. The fourth-order valence-electron chi connectivity index (χ4n) is 14.7. The summed E-state index contributed by atoms with van der Waals surface area (Å²) in [5.74, 6) is -4.62. The predicted molar refractivity (Wildman–Crippen MR) is 396 cm³/mol. The van der Waals surface area contributed by atoms with Crippen molar-refractivity contribution >= 4 is 62.7 Å². The van der Waals surface area contributed by atoms with Crippen LogP contribution in [0.2, 0.25) is 0 Å². The first-order chi connectivity index (χ1) is 52.7. The molecule has 1 aliphatic heterocycles. The molecule has 3 saturated carbocycles. The lowest BCUT2D eigenvalue weighted by Gasteiger charge is -2.62. The number of anilines is 1. The lowest BCUT2D eigenvalue weighted by molar-refractivity contribution is -0.231. The fourth-order valence-corrected chi connectivity index (χ4v) is 14.9. The quantitative estimate of drug-likeness (QED) is 0.0348. The average Bonchev–Trinajstić information content (AvgIpc) is 1.52. The van der Waals surface area contributed by atoms with Gasteiger partial charge in [0.15, 0.2) is 29.1 Å². The maximum Gasteiger partial charge on any atom is 0.246 e. The van der Waals surface area contributed by atoms with Crippen LogP contribution in [0.15, 0.2) is 60.5 Å². The monoisotopic (exact) mass is 1610 g/mol. The third-order valence-electron chi connectivity index (χ3n) is 20.5. The van der Waals surface area contributed by atoms with Gasteiger partial charge in [0, 0.05) is 72.6 Å². The molecular weight excluding hydrogens is 1500 g/mol. The number of halogens is 2. The van der Waals surface area contributed by atoms with E-state index in [0.29, 0.717) is 213 Å². The number of allylic oxidation sites excluding steroid dienone is 4. The number of carbonyl (C=O) groups excluding carboxylic acids is 7. The first kappa shape index (κ1) is 90.6. The average molecular weight is 1610 g/mol. The minimum Gasteiger partial charge on any atom is -0.392 e. The summed E-state index contributed by atoms with van der Waals surface area (Å²) in [4.78, 5) is 92.0. The molecule has 31 nitrogen and oxygen atoms in total. The number of ether oxygens (including phenoxy) is 15. The summed E-state index contributed by atoms with van der Waals surface area (Å²) in [5.41, 5.74) is -3.64. The summed E-state index contributed by atoms with van der Waals surface area (Å²) in [6.45, 7) is 16.8. The third-order valence-corrected chi connectivity index (χ3v) is 21.0. The lowest BCUT2D eigenvalue weighted by atomic mass is 9.44. The van der Waals surface area contributed by atoms with Crippen LogP contribution in [0.3, 0.4) is 0 Å². The third kappa shape index (κ3) is 26.5. The Morgan fingerprint density at radius 1 is 0.670 bits per heavy atom. The SMILES string of the molecule is COCCOCCOCCOCCOCCOCCOCCOCCOCCOCCOCCOCCOCCC(=O)NCCCC[C@H](NC(=O)CBr)C(=O)N[C@@H](C)C(=O)N[C@@H](C)C(=O)Nc1cc(Cn2ccc([C@@H]3O[C@@H]4C[C@H]5[C@@H]6CCC7=CC(=O)C=C[C@]7(C)[C@@]6(F)[C@@H](O)C[C@]5(C)[C@]4(C(=O)CO)O3)c2)ccc1CO. The van der Waals surface area contributed by atoms with Gasteiger partial charge in [-0.1, -0.05) is 46.6 Å². The molecule has 12 atom stereocenters. The minimum atomic E-state index is -2.14. The Balaban J connectivity index is 0.681. The van der Waals surface area contributed by atoms with Crippen LogP contribution < -0.4 is 26.6 Å². The van der Waals surface area contributed by atoms with Crippen LogP contribution in [0.25, 0.3) is 0 Å². The summed E-state index contributed by atoms with van der Waals surface area (Å²) >= 11 is 3.11. The van der Waals surface area contributed by atoms with Gasteiger partial charge in [0.2, 0.25) is 29.5 Å². The maximum absolute atomic E-state index is 17.9. The van der Waals surface area contributed by atoms with Gasteiger partial charge in [0.05, 0.1) is 189 Å². The predicted octanol–water partition coefficient (Wildman–Crippen LogP) is 3.07. The first-order valence-corrected chi connectivity index (χ1v) is 38.9. The number of rotatable bonds is 58. The zero-order chi connectivity index (χ0) is 78.5. The van der Waals surface area contributed by atoms with Crippen molar-refractivity contribution in [3.8, 4) is 0 Å². The number of benzene rings is 1. The van der Waals surface area contributed by atoms with Gasteiger partial charge in [-0.3, -0.25) is 33.6 Å². The Labute approximate surface area is 646 Å². The normalized spacial score (nSPS) is 24.1. The number of methoxy groups -OCH3 is 1. The van der Waals surface area contributed by atoms with Crippen LogP contribution in [-0.4, -0.2) is 293 Å². The number of nitrogens with one attached hydrogen (secondary N) is 5. The molecule has 5 aliphatic rings. The van der Waals surface area contributed by atoms with Gasteiger partial charge >= 0.3 is 0 Å². The number of aliphatic hydroxyl groups excluding tert-OH is 3. The molecule has 33 heteroatoms. The number of nitrogens with zero attached hydrogens (tertiary/aromatic N) is 1. The van der Waals surface area contributed by atoms with Crippen LogP contribution in [0.1, 0.15) is 102 Å². The molecule has 1 saturated heterocycles. The van der Waals surface area contributed by atoms with E-state index < -0.39 is 113 Å². The van der Waals surface area contributed by atoms with E-state index in [2.05, 4.69) is 42.5 Å². The molecule has 4 fully saturated rings. The van der Waals surface area contributed by atoms with Crippen LogP contribution in [-0.2, 0) is 118 Å². The molecule has 0 spiro atoms. The van der Waals surface area contributed by atoms with Gasteiger partial charge in [-0.15, -0.1) is 0 Å². The summed E-state index contributed by atoms with van der Waals surface area (Å²) in [7, 11) is 1.63. The molecule has 1 aromatic heterocycles. The number of carbonyl (C=O) groups is 7. The molecule has 7 rings (SSSR count). The topological polar surface area (TPSA) is 384 Å². The van der Waals surface area contributed by atoms with Gasteiger partial charge in [0.1, 0.15) is 24.7 Å². The summed E-state index contributed by atoms with van der Waals surface area (Å²) < 4.78 is 104. The number of aliphatic hydroxyl groups is 3. The van der Waals surface area contributed by atoms with Crippen LogP contribution in [0, 0.1) is 22.7 Å².